The molecule has 0 fully saturated rings. The van der Waals surface area contributed by atoms with E-state index in [2.05, 4.69) is 32.8 Å². The van der Waals surface area contributed by atoms with Crippen LogP contribution in [0.5, 0.6) is 5.75 Å². The van der Waals surface area contributed by atoms with Crippen LogP contribution in [-0.2, 0) is 4.79 Å². The van der Waals surface area contributed by atoms with Crippen molar-refractivity contribution in [1.82, 2.24) is 14.8 Å². The molecular formula is C27H24ClN5O2. The zero-order valence-electron chi connectivity index (χ0n) is 19.1. The van der Waals surface area contributed by atoms with Crippen molar-refractivity contribution in [3.63, 3.8) is 0 Å². The van der Waals surface area contributed by atoms with E-state index in [0.717, 1.165) is 28.9 Å². The molecule has 3 aromatic carbocycles. The van der Waals surface area contributed by atoms with Gasteiger partial charge in [-0.2, -0.15) is 4.98 Å². The van der Waals surface area contributed by atoms with Crippen molar-refractivity contribution < 1.29 is 9.53 Å². The van der Waals surface area contributed by atoms with E-state index in [1.807, 2.05) is 59.3 Å². The number of carbonyl (C=O) groups excluding carboxylic acids is 1. The molecule has 176 valence electrons. The van der Waals surface area contributed by atoms with Crippen molar-refractivity contribution in [3.05, 3.63) is 107 Å². The summed E-state index contributed by atoms with van der Waals surface area (Å²) < 4.78 is 7.15. The highest BCUT2D eigenvalue weighted by Gasteiger charge is 2.31. The molecular weight excluding hydrogens is 462 g/mol. The SMILES string of the molecule is COc1ccc([C@H]2C[C@H](c3ccccc3)Nc3nc(NC(=O)/C=C/c4ccc(Cl)cc4)nn32)cc1. The van der Waals surface area contributed by atoms with Gasteiger partial charge in [0.25, 0.3) is 11.9 Å². The van der Waals surface area contributed by atoms with Crippen molar-refractivity contribution in [2.75, 3.05) is 17.7 Å². The quantitative estimate of drug-likeness (QED) is 0.340. The summed E-state index contributed by atoms with van der Waals surface area (Å²) in [5, 5.41) is 11.5. The van der Waals surface area contributed by atoms with E-state index in [9.17, 15) is 4.79 Å². The summed E-state index contributed by atoms with van der Waals surface area (Å²) >= 11 is 5.92. The van der Waals surface area contributed by atoms with Gasteiger partial charge in [-0.1, -0.05) is 66.2 Å². The number of carbonyl (C=O) groups is 1. The highest BCUT2D eigenvalue weighted by Crippen LogP contribution is 2.38. The number of rotatable bonds is 6. The zero-order chi connectivity index (χ0) is 24.2. The monoisotopic (exact) mass is 485 g/mol. The maximum absolute atomic E-state index is 12.5. The summed E-state index contributed by atoms with van der Waals surface area (Å²) in [5.41, 5.74) is 3.12. The Labute approximate surface area is 208 Å². The van der Waals surface area contributed by atoms with Crippen molar-refractivity contribution in [1.29, 1.82) is 0 Å². The van der Waals surface area contributed by atoms with Gasteiger partial charge in [-0.3, -0.25) is 10.1 Å². The summed E-state index contributed by atoms with van der Waals surface area (Å²) in [7, 11) is 1.65. The molecule has 2 N–H and O–H groups in total. The minimum Gasteiger partial charge on any atom is -0.497 e. The molecule has 1 amide bonds. The number of hydrogen-bond acceptors (Lipinski definition) is 5. The molecule has 0 bridgehead atoms. The topological polar surface area (TPSA) is 81.1 Å². The Hall–Kier alpha value is -4.10. The van der Waals surface area contributed by atoms with Crippen LogP contribution >= 0.6 is 11.6 Å². The third kappa shape index (κ3) is 5.20. The van der Waals surface area contributed by atoms with Gasteiger partial charge in [0.05, 0.1) is 19.2 Å². The standard InChI is InChI=1S/C27H24ClN5O2/c1-35-22-14-10-20(11-15-22)24-17-23(19-5-3-2-4-6-19)29-27-31-26(32-33(24)27)30-25(34)16-9-18-7-12-21(28)13-8-18/h2-16,23-24H,17H2,1H3,(H2,29,30,31,32,34)/b16-9+/t23-,24-/m1/s1. The molecule has 0 radical (unpaired) electrons. The van der Waals surface area contributed by atoms with E-state index in [1.165, 1.54) is 6.08 Å². The van der Waals surface area contributed by atoms with E-state index >= 15 is 0 Å². The Morgan fingerprint density at radius 2 is 1.80 bits per heavy atom. The Morgan fingerprint density at radius 1 is 1.06 bits per heavy atom. The molecule has 4 aromatic rings. The molecule has 0 spiro atoms. The fraction of sp³-hybridized carbons (Fsp3) is 0.148. The van der Waals surface area contributed by atoms with E-state index in [-0.39, 0.29) is 23.9 Å². The molecule has 0 aliphatic carbocycles. The number of amides is 1. The first kappa shape index (κ1) is 22.7. The molecule has 0 saturated heterocycles. The van der Waals surface area contributed by atoms with Gasteiger partial charge in [-0.05, 0) is 53.5 Å². The summed E-state index contributed by atoms with van der Waals surface area (Å²) in [5.74, 6) is 1.32. The van der Waals surface area contributed by atoms with E-state index in [0.29, 0.717) is 11.0 Å². The van der Waals surface area contributed by atoms with Crippen LogP contribution in [0.3, 0.4) is 0 Å². The van der Waals surface area contributed by atoms with Crippen LogP contribution in [0.4, 0.5) is 11.9 Å². The van der Waals surface area contributed by atoms with Gasteiger partial charge < -0.3 is 10.1 Å². The van der Waals surface area contributed by atoms with Crippen LogP contribution in [-0.4, -0.2) is 27.8 Å². The molecule has 7 nitrogen and oxygen atoms in total. The van der Waals surface area contributed by atoms with Gasteiger partial charge in [0, 0.05) is 11.1 Å². The van der Waals surface area contributed by atoms with Crippen LogP contribution in [0.25, 0.3) is 6.08 Å². The lowest BCUT2D eigenvalue weighted by Crippen LogP contribution is -2.28. The third-order valence-electron chi connectivity index (χ3n) is 5.92. The van der Waals surface area contributed by atoms with E-state index in [4.69, 9.17) is 16.3 Å². The summed E-state index contributed by atoms with van der Waals surface area (Å²) in [6.45, 7) is 0. The van der Waals surface area contributed by atoms with Gasteiger partial charge in [-0.25, -0.2) is 4.68 Å². The number of ether oxygens (including phenoxy) is 1. The second-order valence-electron chi connectivity index (χ2n) is 8.21. The van der Waals surface area contributed by atoms with Crippen LogP contribution in [0.15, 0.2) is 84.9 Å². The van der Waals surface area contributed by atoms with E-state index in [1.54, 1.807) is 25.3 Å². The van der Waals surface area contributed by atoms with Crippen LogP contribution in [0.1, 0.15) is 35.2 Å². The average Bonchev–Trinajstić information content (AvgIpc) is 3.30. The lowest BCUT2D eigenvalue weighted by molar-refractivity contribution is -0.111. The first-order valence-corrected chi connectivity index (χ1v) is 11.6. The van der Waals surface area contributed by atoms with Crippen molar-refractivity contribution in [2.24, 2.45) is 0 Å². The Bertz CT molecular complexity index is 1330. The molecule has 1 aliphatic heterocycles. The Morgan fingerprint density at radius 3 is 2.51 bits per heavy atom. The van der Waals surface area contributed by atoms with Crippen molar-refractivity contribution >= 4 is 35.5 Å². The molecule has 0 unspecified atom stereocenters. The minimum absolute atomic E-state index is 0.0494. The fourth-order valence-electron chi connectivity index (χ4n) is 4.14. The predicted molar refractivity (Wildman–Crippen MR) is 138 cm³/mol. The molecule has 2 heterocycles. The number of methoxy groups -OCH3 is 1. The van der Waals surface area contributed by atoms with Gasteiger partial charge in [0.15, 0.2) is 0 Å². The number of halogens is 1. The Kier molecular flexibility index (Phi) is 6.50. The normalized spacial score (nSPS) is 17.0. The number of hydrogen-bond donors (Lipinski definition) is 2. The number of aromatic nitrogens is 3. The molecule has 1 aromatic heterocycles. The van der Waals surface area contributed by atoms with Crippen LogP contribution < -0.4 is 15.4 Å². The number of benzene rings is 3. The van der Waals surface area contributed by atoms with Crippen LogP contribution in [0, 0.1) is 0 Å². The summed E-state index contributed by atoms with van der Waals surface area (Å²) in [6, 6.07) is 25.4. The molecule has 0 saturated carbocycles. The smallest absolute Gasteiger partial charge is 0.250 e. The highest BCUT2D eigenvalue weighted by atomic mass is 35.5. The second-order valence-corrected chi connectivity index (χ2v) is 8.65. The maximum Gasteiger partial charge on any atom is 0.250 e. The Balaban J connectivity index is 1.40. The lowest BCUT2D eigenvalue weighted by atomic mass is 9.93. The predicted octanol–water partition coefficient (Wildman–Crippen LogP) is 5.74. The second kappa shape index (κ2) is 10.0. The van der Waals surface area contributed by atoms with E-state index < -0.39 is 0 Å². The van der Waals surface area contributed by atoms with Crippen molar-refractivity contribution in [3.8, 4) is 5.75 Å². The van der Waals surface area contributed by atoms with Gasteiger partial charge >= 0.3 is 0 Å². The molecule has 1 aliphatic rings. The van der Waals surface area contributed by atoms with Crippen molar-refractivity contribution in [2.45, 2.75) is 18.5 Å². The van der Waals surface area contributed by atoms with Gasteiger partial charge in [-0.15, -0.1) is 5.10 Å². The van der Waals surface area contributed by atoms with Gasteiger partial charge in [0.1, 0.15) is 5.75 Å². The third-order valence-corrected chi connectivity index (χ3v) is 6.18. The summed E-state index contributed by atoms with van der Waals surface area (Å²) in [4.78, 5) is 17.1. The first-order valence-electron chi connectivity index (χ1n) is 11.3. The zero-order valence-corrected chi connectivity index (χ0v) is 19.8. The van der Waals surface area contributed by atoms with Gasteiger partial charge in [0.2, 0.25) is 5.95 Å². The minimum atomic E-state index is -0.316. The summed E-state index contributed by atoms with van der Waals surface area (Å²) in [6.07, 6.45) is 3.94. The molecule has 2 atom stereocenters. The molecule has 35 heavy (non-hydrogen) atoms. The highest BCUT2D eigenvalue weighted by molar-refractivity contribution is 6.30. The number of nitrogens with one attached hydrogen (secondary N) is 2. The number of fused-ring (bicyclic) bond motifs is 1. The number of nitrogens with zero attached hydrogens (tertiary/aromatic N) is 3. The first-order chi connectivity index (χ1) is 17.1. The fourth-order valence-corrected chi connectivity index (χ4v) is 4.26. The molecule has 8 heteroatoms. The lowest BCUT2D eigenvalue weighted by Gasteiger charge is -2.31. The van der Waals surface area contributed by atoms with Crippen LogP contribution in [0.2, 0.25) is 5.02 Å². The average molecular weight is 486 g/mol. The molecule has 5 rings (SSSR count). The number of anilines is 2. The largest absolute Gasteiger partial charge is 0.497 e. The maximum atomic E-state index is 12.5.